The SMILES string of the molecule is N#C[C@@H]1CCCN1C(=O)CN[C@H]1CC[C@@H](CNc2ccc([N+](=O)[O-])cc2F)C1. The summed E-state index contributed by atoms with van der Waals surface area (Å²) < 4.78 is 13.9. The molecule has 1 saturated heterocycles. The van der Waals surface area contributed by atoms with E-state index < -0.39 is 10.7 Å². The average molecular weight is 389 g/mol. The number of anilines is 1. The Labute approximate surface area is 162 Å². The minimum atomic E-state index is -0.634. The molecule has 3 rings (SSSR count). The number of nitro groups is 1. The molecule has 1 aromatic rings. The van der Waals surface area contributed by atoms with Crippen molar-refractivity contribution in [3.63, 3.8) is 0 Å². The predicted molar refractivity (Wildman–Crippen MR) is 101 cm³/mol. The molecule has 0 unspecified atom stereocenters. The number of rotatable bonds is 7. The second-order valence-corrected chi connectivity index (χ2v) is 7.43. The highest BCUT2D eigenvalue weighted by Crippen LogP contribution is 2.27. The van der Waals surface area contributed by atoms with E-state index >= 15 is 0 Å². The maximum Gasteiger partial charge on any atom is 0.272 e. The molecule has 1 saturated carbocycles. The van der Waals surface area contributed by atoms with Crippen LogP contribution in [0.3, 0.4) is 0 Å². The topological polar surface area (TPSA) is 111 Å². The fourth-order valence-corrected chi connectivity index (χ4v) is 3.99. The minimum absolute atomic E-state index is 0.0291. The lowest BCUT2D eigenvalue weighted by molar-refractivity contribution is -0.385. The van der Waals surface area contributed by atoms with E-state index in [0.717, 1.165) is 38.2 Å². The molecule has 1 amide bonds. The van der Waals surface area contributed by atoms with Crippen molar-refractivity contribution in [3.8, 4) is 6.07 Å². The van der Waals surface area contributed by atoms with E-state index in [2.05, 4.69) is 16.7 Å². The highest BCUT2D eigenvalue weighted by Gasteiger charge is 2.30. The predicted octanol–water partition coefficient (Wildman–Crippen LogP) is 2.42. The Kier molecular flexibility index (Phi) is 6.41. The molecule has 1 aromatic carbocycles. The first-order chi connectivity index (χ1) is 13.5. The van der Waals surface area contributed by atoms with E-state index in [0.29, 0.717) is 19.0 Å². The Morgan fingerprint density at radius 3 is 2.93 bits per heavy atom. The lowest BCUT2D eigenvalue weighted by atomic mass is 10.1. The smallest absolute Gasteiger partial charge is 0.272 e. The summed E-state index contributed by atoms with van der Waals surface area (Å²) in [7, 11) is 0. The van der Waals surface area contributed by atoms with Gasteiger partial charge in [0.05, 0.1) is 29.3 Å². The molecule has 1 heterocycles. The van der Waals surface area contributed by atoms with Gasteiger partial charge in [0, 0.05) is 25.2 Å². The Morgan fingerprint density at radius 2 is 2.21 bits per heavy atom. The molecule has 2 aliphatic rings. The molecule has 0 aromatic heterocycles. The standard InChI is InChI=1S/C19H24FN5O3/c20-17-9-15(25(27)28)5-6-18(17)23-11-13-3-4-14(8-13)22-12-19(26)24-7-1-2-16(24)10-21/h5-6,9,13-14,16,22-23H,1-4,7-8,11-12H2/t13-,14+,16+/m1/s1. The average Bonchev–Trinajstić information content (AvgIpc) is 3.34. The minimum Gasteiger partial charge on any atom is -0.382 e. The van der Waals surface area contributed by atoms with E-state index in [1.165, 1.54) is 12.1 Å². The van der Waals surface area contributed by atoms with E-state index in [4.69, 9.17) is 5.26 Å². The summed E-state index contributed by atoms with van der Waals surface area (Å²) in [5.74, 6) is -0.329. The van der Waals surface area contributed by atoms with Crippen molar-refractivity contribution in [3.05, 3.63) is 34.1 Å². The molecular formula is C19H24FN5O3. The van der Waals surface area contributed by atoms with Crippen LogP contribution >= 0.6 is 0 Å². The number of carbonyl (C=O) groups is 1. The number of nitrogens with zero attached hydrogens (tertiary/aromatic N) is 3. The highest BCUT2D eigenvalue weighted by molar-refractivity contribution is 5.79. The highest BCUT2D eigenvalue weighted by atomic mass is 19.1. The van der Waals surface area contributed by atoms with Crippen molar-refractivity contribution in [2.75, 3.05) is 25.0 Å². The van der Waals surface area contributed by atoms with E-state index in [9.17, 15) is 19.3 Å². The second kappa shape index (κ2) is 8.97. The van der Waals surface area contributed by atoms with Gasteiger partial charge in [-0.3, -0.25) is 14.9 Å². The number of hydrogen-bond donors (Lipinski definition) is 2. The molecule has 0 radical (unpaired) electrons. The molecule has 2 fully saturated rings. The zero-order chi connectivity index (χ0) is 20.1. The summed E-state index contributed by atoms with van der Waals surface area (Å²) in [6.45, 7) is 1.46. The van der Waals surface area contributed by atoms with Crippen LogP contribution in [0.5, 0.6) is 0 Å². The Morgan fingerprint density at radius 1 is 1.39 bits per heavy atom. The van der Waals surface area contributed by atoms with E-state index in [1.54, 1.807) is 4.90 Å². The van der Waals surface area contributed by atoms with Gasteiger partial charge in [-0.2, -0.15) is 5.26 Å². The van der Waals surface area contributed by atoms with Gasteiger partial charge in [0.1, 0.15) is 6.04 Å². The third-order valence-electron chi connectivity index (χ3n) is 5.55. The van der Waals surface area contributed by atoms with Crippen molar-refractivity contribution in [2.45, 2.75) is 44.2 Å². The molecule has 3 atom stereocenters. The number of nitriles is 1. The molecule has 150 valence electrons. The van der Waals surface area contributed by atoms with Gasteiger partial charge in [-0.05, 0) is 44.1 Å². The van der Waals surface area contributed by atoms with Gasteiger partial charge >= 0.3 is 0 Å². The number of amides is 1. The third-order valence-corrected chi connectivity index (χ3v) is 5.55. The third kappa shape index (κ3) is 4.75. The summed E-state index contributed by atoms with van der Waals surface area (Å²) in [5.41, 5.74) is -0.0109. The van der Waals surface area contributed by atoms with Crippen LogP contribution in [0, 0.1) is 33.2 Å². The van der Waals surface area contributed by atoms with Crippen molar-refractivity contribution >= 4 is 17.3 Å². The molecule has 2 N–H and O–H groups in total. The first kappa shape index (κ1) is 20.0. The molecule has 0 bridgehead atoms. The van der Waals surface area contributed by atoms with Crippen molar-refractivity contribution in [1.29, 1.82) is 5.26 Å². The molecular weight excluding hydrogens is 365 g/mol. The summed E-state index contributed by atoms with van der Waals surface area (Å²) in [6.07, 6.45) is 4.39. The summed E-state index contributed by atoms with van der Waals surface area (Å²) in [6, 6.07) is 5.69. The first-order valence-electron chi connectivity index (χ1n) is 9.58. The molecule has 9 heteroatoms. The van der Waals surface area contributed by atoms with E-state index in [1.807, 2.05) is 0 Å². The Balaban J connectivity index is 1.41. The van der Waals surface area contributed by atoms with Gasteiger partial charge in [0.2, 0.25) is 5.91 Å². The fourth-order valence-electron chi connectivity index (χ4n) is 3.99. The number of hydrogen-bond acceptors (Lipinski definition) is 6. The second-order valence-electron chi connectivity index (χ2n) is 7.43. The number of nitro benzene ring substituents is 1. The Hall–Kier alpha value is -2.73. The lowest BCUT2D eigenvalue weighted by Gasteiger charge is -2.21. The lowest BCUT2D eigenvalue weighted by Crippen LogP contribution is -2.43. The zero-order valence-electron chi connectivity index (χ0n) is 15.6. The molecule has 0 spiro atoms. The largest absolute Gasteiger partial charge is 0.382 e. The van der Waals surface area contributed by atoms with Crippen molar-refractivity contribution in [1.82, 2.24) is 10.2 Å². The monoisotopic (exact) mass is 389 g/mol. The van der Waals surface area contributed by atoms with Crippen LogP contribution in [0.2, 0.25) is 0 Å². The van der Waals surface area contributed by atoms with Crippen LogP contribution in [0.4, 0.5) is 15.8 Å². The van der Waals surface area contributed by atoms with Gasteiger partial charge in [-0.15, -0.1) is 0 Å². The summed E-state index contributed by atoms with van der Waals surface area (Å²) in [5, 5.41) is 26.1. The molecule has 1 aliphatic heterocycles. The van der Waals surface area contributed by atoms with Crippen molar-refractivity contribution in [2.24, 2.45) is 5.92 Å². The van der Waals surface area contributed by atoms with Crippen LogP contribution in [-0.4, -0.2) is 47.4 Å². The number of nitrogens with one attached hydrogen (secondary N) is 2. The van der Waals surface area contributed by atoms with Gasteiger partial charge in [-0.25, -0.2) is 4.39 Å². The summed E-state index contributed by atoms with van der Waals surface area (Å²) in [4.78, 5) is 24.0. The normalized spacial score (nSPS) is 24.1. The van der Waals surface area contributed by atoms with E-state index in [-0.39, 0.29) is 35.9 Å². The van der Waals surface area contributed by atoms with Crippen LogP contribution in [0.1, 0.15) is 32.1 Å². The number of halogens is 1. The van der Waals surface area contributed by atoms with Crippen LogP contribution in [0.25, 0.3) is 0 Å². The quantitative estimate of drug-likeness (QED) is 0.547. The maximum atomic E-state index is 13.9. The zero-order valence-corrected chi connectivity index (χ0v) is 15.6. The van der Waals surface area contributed by atoms with Gasteiger partial charge in [-0.1, -0.05) is 0 Å². The van der Waals surface area contributed by atoms with Gasteiger partial charge < -0.3 is 15.5 Å². The Bertz CT molecular complexity index is 781. The summed E-state index contributed by atoms with van der Waals surface area (Å²) >= 11 is 0. The van der Waals surface area contributed by atoms with Crippen LogP contribution in [-0.2, 0) is 4.79 Å². The number of non-ortho nitro benzene ring substituents is 1. The van der Waals surface area contributed by atoms with Crippen LogP contribution < -0.4 is 10.6 Å². The number of carbonyl (C=O) groups excluding carboxylic acids is 1. The fraction of sp³-hybridized carbons (Fsp3) is 0.579. The number of benzene rings is 1. The molecule has 8 nitrogen and oxygen atoms in total. The van der Waals surface area contributed by atoms with Gasteiger partial charge in [0.15, 0.2) is 5.82 Å². The first-order valence-corrected chi connectivity index (χ1v) is 9.58. The van der Waals surface area contributed by atoms with Crippen LogP contribution in [0.15, 0.2) is 18.2 Å². The van der Waals surface area contributed by atoms with Gasteiger partial charge in [0.25, 0.3) is 5.69 Å². The number of likely N-dealkylation sites (tertiary alicyclic amines) is 1. The molecule has 28 heavy (non-hydrogen) atoms. The maximum absolute atomic E-state index is 13.9. The molecule has 1 aliphatic carbocycles. The van der Waals surface area contributed by atoms with Crippen molar-refractivity contribution < 1.29 is 14.1 Å².